The number of rotatable bonds is 4. The van der Waals surface area contributed by atoms with Crippen LogP contribution in [0.5, 0.6) is 0 Å². The molecule has 2 rings (SSSR count). The van der Waals surface area contributed by atoms with Crippen molar-refractivity contribution in [2.75, 3.05) is 12.4 Å². The first-order valence-electron chi connectivity index (χ1n) is 5.52. The van der Waals surface area contributed by atoms with Crippen LogP contribution in [0.3, 0.4) is 0 Å². The molecular formula is C11H17N3O2S. The molecular weight excluding hydrogens is 238 g/mol. The Kier molecular flexibility index (Phi) is 2.87. The van der Waals surface area contributed by atoms with Crippen LogP contribution in [0.1, 0.15) is 20.3 Å². The normalized spacial score (nSPS) is 22.2. The van der Waals surface area contributed by atoms with Gasteiger partial charge in [0.25, 0.3) is 0 Å². The molecule has 0 amide bonds. The number of anilines is 1. The summed E-state index contributed by atoms with van der Waals surface area (Å²) in [5.74, 6) is 0.374. The molecule has 1 aromatic rings. The number of aromatic nitrogens is 1. The van der Waals surface area contributed by atoms with Crippen molar-refractivity contribution in [2.45, 2.75) is 31.2 Å². The van der Waals surface area contributed by atoms with Crippen LogP contribution in [0.15, 0.2) is 23.2 Å². The maximum Gasteiger partial charge on any atom is 0.244 e. The fourth-order valence-corrected chi connectivity index (χ4v) is 3.29. The van der Waals surface area contributed by atoms with Gasteiger partial charge in [0, 0.05) is 19.3 Å². The topological polar surface area (TPSA) is 71.1 Å². The molecule has 1 fully saturated rings. The van der Waals surface area contributed by atoms with Crippen LogP contribution >= 0.6 is 0 Å². The van der Waals surface area contributed by atoms with Crippen molar-refractivity contribution in [3.8, 4) is 0 Å². The van der Waals surface area contributed by atoms with Gasteiger partial charge in [-0.3, -0.25) is 0 Å². The molecule has 1 aromatic heterocycles. The minimum atomic E-state index is -3.49. The van der Waals surface area contributed by atoms with Crippen molar-refractivity contribution in [1.82, 2.24) is 9.71 Å². The van der Waals surface area contributed by atoms with Crippen LogP contribution in [0.2, 0.25) is 0 Å². The SMILES string of the molecule is CNc1ncccc1S(=O)(=O)NC1CC1(C)C. The lowest BCUT2D eigenvalue weighted by molar-refractivity contribution is 0.555. The van der Waals surface area contributed by atoms with Crippen LogP contribution in [-0.4, -0.2) is 26.5 Å². The second-order valence-corrected chi connectivity index (χ2v) is 6.65. The Bertz CT molecular complexity index is 525. The summed E-state index contributed by atoms with van der Waals surface area (Å²) in [6.45, 7) is 4.09. The molecule has 0 saturated heterocycles. The van der Waals surface area contributed by atoms with Gasteiger partial charge in [0.1, 0.15) is 10.7 Å². The fourth-order valence-electron chi connectivity index (χ4n) is 1.71. The zero-order chi connectivity index (χ0) is 12.7. The maximum atomic E-state index is 12.2. The highest BCUT2D eigenvalue weighted by atomic mass is 32.2. The van der Waals surface area contributed by atoms with Gasteiger partial charge in [-0.05, 0) is 24.0 Å². The Morgan fingerprint density at radius 3 is 2.65 bits per heavy atom. The van der Waals surface area contributed by atoms with Crippen LogP contribution < -0.4 is 10.0 Å². The van der Waals surface area contributed by atoms with E-state index >= 15 is 0 Å². The van der Waals surface area contributed by atoms with E-state index in [1.807, 2.05) is 13.8 Å². The first kappa shape index (κ1) is 12.3. The van der Waals surface area contributed by atoms with Gasteiger partial charge in [-0.15, -0.1) is 0 Å². The largest absolute Gasteiger partial charge is 0.372 e. The van der Waals surface area contributed by atoms with Gasteiger partial charge in [-0.1, -0.05) is 13.8 Å². The lowest BCUT2D eigenvalue weighted by atomic mass is 10.2. The molecule has 1 atom stereocenters. The molecule has 17 heavy (non-hydrogen) atoms. The molecule has 5 nitrogen and oxygen atoms in total. The Hall–Kier alpha value is -1.14. The minimum absolute atomic E-state index is 0.0254. The molecule has 6 heteroatoms. The van der Waals surface area contributed by atoms with Crippen molar-refractivity contribution >= 4 is 15.8 Å². The fraction of sp³-hybridized carbons (Fsp3) is 0.545. The molecule has 1 saturated carbocycles. The van der Waals surface area contributed by atoms with E-state index in [1.54, 1.807) is 25.4 Å². The number of sulfonamides is 1. The Morgan fingerprint density at radius 2 is 2.12 bits per heavy atom. The molecule has 2 N–H and O–H groups in total. The first-order valence-corrected chi connectivity index (χ1v) is 7.00. The molecule has 1 aliphatic carbocycles. The third kappa shape index (κ3) is 2.42. The second-order valence-electron chi connectivity index (χ2n) is 4.97. The summed E-state index contributed by atoms with van der Waals surface area (Å²) >= 11 is 0. The minimum Gasteiger partial charge on any atom is -0.372 e. The lowest BCUT2D eigenvalue weighted by Gasteiger charge is -2.11. The van der Waals surface area contributed by atoms with Crippen LogP contribution in [-0.2, 0) is 10.0 Å². The molecule has 0 aliphatic heterocycles. The summed E-state index contributed by atoms with van der Waals surface area (Å²) in [5.41, 5.74) is 0.0646. The van der Waals surface area contributed by atoms with Gasteiger partial charge in [-0.2, -0.15) is 0 Å². The van der Waals surface area contributed by atoms with E-state index < -0.39 is 10.0 Å². The average Bonchev–Trinajstić information content (AvgIpc) is 2.85. The van der Waals surface area contributed by atoms with Crippen molar-refractivity contribution in [3.05, 3.63) is 18.3 Å². The van der Waals surface area contributed by atoms with Crippen molar-refractivity contribution in [3.63, 3.8) is 0 Å². The number of nitrogens with one attached hydrogen (secondary N) is 2. The summed E-state index contributed by atoms with van der Waals surface area (Å²) in [4.78, 5) is 4.20. The van der Waals surface area contributed by atoms with Crippen LogP contribution in [0.25, 0.3) is 0 Å². The molecule has 0 aromatic carbocycles. The predicted octanol–water partition coefficient (Wildman–Crippen LogP) is 1.20. The number of pyridine rings is 1. The summed E-state index contributed by atoms with van der Waals surface area (Å²) in [6.07, 6.45) is 2.44. The number of hydrogen-bond acceptors (Lipinski definition) is 4. The van der Waals surface area contributed by atoms with Crippen LogP contribution in [0.4, 0.5) is 5.82 Å². The highest BCUT2D eigenvalue weighted by Crippen LogP contribution is 2.45. The molecule has 94 valence electrons. The second kappa shape index (κ2) is 3.96. The molecule has 1 unspecified atom stereocenters. The standard InChI is InChI=1S/C11H17N3O2S/c1-11(2)7-9(11)14-17(15,16)8-5-4-6-13-10(8)12-3/h4-6,9,14H,7H2,1-3H3,(H,12,13). The molecule has 1 aliphatic rings. The molecule has 0 radical (unpaired) electrons. The zero-order valence-corrected chi connectivity index (χ0v) is 11.0. The van der Waals surface area contributed by atoms with Gasteiger partial charge in [-0.25, -0.2) is 18.1 Å². The van der Waals surface area contributed by atoms with Gasteiger partial charge in [0.2, 0.25) is 10.0 Å². The van der Waals surface area contributed by atoms with Gasteiger partial charge >= 0.3 is 0 Å². The Morgan fingerprint density at radius 1 is 1.47 bits per heavy atom. The predicted molar refractivity (Wildman–Crippen MR) is 66.3 cm³/mol. The quantitative estimate of drug-likeness (QED) is 0.848. The first-order chi connectivity index (χ1) is 7.87. The van der Waals surface area contributed by atoms with E-state index in [9.17, 15) is 8.42 Å². The summed E-state index contributed by atoms with van der Waals surface area (Å²) in [7, 11) is -1.83. The summed E-state index contributed by atoms with van der Waals surface area (Å²) in [5, 5.41) is 2.79. The van der Waals surface area contributed by atoms with Crippen molar-refractivity contribution in [2.24, 2.45) is 5.41 Å². The van der Waals surface area contributed by atoms with Gasteiger partial charge in [0.05, 0.1) is 0 Å². The smallest absolute Gasteiger partial charge is 0.244 e. The van der Waals surface area contributed by atoms with Crippen LogP contribution in [0, 0.1) is 5.41 Å². The molecule has 0 spiro atoms. The average molecular weight is 255 g/mol. The highest BCUT2D eigenvalue weighted by Gasteiger charge is 2.48. The maximum absolute atomic E-state index is 12.2. The van der Waals surface area contributed by atoms with Gasteiger partial charge in [0.15, 0.2) is 0 Å². The molecule has 0 bridgehead atoms. The Labute approximate surface area is 102 Å². The van der Waals surface area contributed by atoms with E-state index in [0.717, 1.165) is 6.42 Å². The lowest BCUT2D eigenvalue weighted by Crippen LogP contribution is -2.29. The van der Waals surface area contributed by atoms with E-state index in [-0.39, 0.29) is 16.4 Å². The summed E-state index contributed by atoms with van der Waals surface area (Å²) < 4.78 is 27.0. The third-order valence-corrected chi connectivity index (χ3v) is 4.61. The Balaban J connectivity index is 2.26. The number of nitrogens with zero attached hydrogens (tertiary/aromatic N) is 1. The van der Waals surface area contributed by atoms with Crippen molar-refractivity contribution < 1.29 is 8.42 Å². The van der Waals surface area contributed by atoms with Crippen molar-refractivity contribution in [1.29, 1.82) is 0 Å². The van der Waals surface area contributed by atoms with E-state index in [4.69, 9.17) is 0 Å². The monoisotopic (exact) mass is 255 g/mol. The highest BCUT2D eigenvalue weighted by molar-refractivity contribution is 7.89. The zero-order valence-electron chi connectivity index (χ0n) is 10.2. The number of hydrogen-bond donors (Lipinski definition) is 2. The van der Waals surface area contributed by atoms with Gasteiger partial charge < -0.3 is 5.32 Å². The van der Waals surface area contributed by atoms with E-state index in [1.165, 1.54) is 0 Å². The third-order valence-electron chi connectivity index (χ3n) is 3.11. The summed E-state index contributed by atoms with van der Waals surface area (Å²) in [6, 6.07) is 3.20. The molecule has 1 heterocycles. The van der Waals surface area contributed by atoms with E-state index in [0.29, 0.717) is 5.82 Å². The van der Waals surface area contributed by atoms with E-state index in [2.05, 4.69) is 15.0 Å².